The Hall–Kier alpha value is -0.390. The van der Waals surface area contributed by atoms with E-state index in [1.165, 1.54) is 9.75 Å². The van der Waals surface area contributed by atoms with E-state index in [-0.39, 0.29) is 6.04 Å². The van der Waals surface area contributed by atoms with Gasteiger partial charge in [-0.15, -0.1) is 22.7 Å². The monoisotopic (exact) mass is 313 g/mol. The largest absolute Gasteiger partial charge is 0.381 e. The van der Waals surface area contributed by atoms with Crippen LogP contribution in [-0.4, -0.2) is 19.8 Å². The minimum atomic E-state index is 0.262. The Labute approximate surface area is 126 Å². The second-order valence-electron chi connectivity index (χ2n) is 4.73. The number of hydrogen-bond donors (Lipinski definition) is 1. The molecule has 3 heterocycles. The number of rotatable bonds is 5. The van der Waals surface area contributed by atoms with Gasteiger partial charge in [0.1, 0.15) is 0 Å². The van der Waals surface area contributed by atoms with E-state index >= 15 is 0 Å². The van der Waals surface area contributed by atoms with Crippen LogP contribution in [0.1, 0.15) is 22.2 Å². The molecule has 5 heteroatoms. The molecule has 1 aliphatic rings. The molecule has 0 aliphatic carbocycles. The van der Waals surface area contributed by atoms with E-state index in [1.54, 1.807) is 22.7 Å². The van der Waals surface area contributed by atoms with Gasteiger partial charge in [0.25, 0.3) is 0 Å². The van der Waals surface area contributed by atoms with E-state index in [9.17, 15) is 0 Å². The van der Waals surface area contributed by atoms with Crippen LogP contribution in [0.15, 0.2) is 29.6 Å². The Morgan fingerprint density at radius 3 is 2.95 bits per heavy atom. The molecule has 3 rings (SSSR count). The van der Waals surface area contributed by atoms with Crippen molar-refractivity contribution in [1.29, 1.82) is 0 Å². The Bertz CT molecular complexity index is 505. The van der Waals surface area contributed by atoms with Gasteiger partial charge in [-0.3, -0.25) is 0 Å². The lowest BCUT2D eigenvalue weighted by Crippen LogP contribution is -2.27. The van der Waals surface area contributed by atoms with Gasteiger partial charge < -0.3 is 10.1 Å². The van der Waals surface area contributed by atoms with Crippen LogP contribution in [0.3, 0.4) is 0 Å². The van der Waals surface area contributed by atoms with Crippen molar-refractivity contribution < 1.29 is 4.74 Å². The summed E-state index contributed by atoms with van der Waals surface area (Å²) >= 11 is 9.51. The van der Waals surface area contributed by atoms with Crippen molar-refractivity contribution >= 4 is 34.3 Å². The summed E-state index contributed by atoms with van der Waals surface area (Å²) in [7, 11) is 0. The zero-order chi connectivity index (χ0) is 13.1. The van der Waals surface area contributed by atoms with Gasteiger partial charge in [0.2, 0.25) is 0 Å². The average Bonchev–Trinajstić information content (AvgIpc) is 3.11. The molecule has 0 amide bonds. The van der Waals surface area contributed by atoms with Crippen molar-refractivity contribution in [3.05, 3.63) is 43.7 Å². The van der Waals surface area contributed by atoms with Crippen molar-refractivity contribution in [3.63, 3.8) is 0 Å². The third-order valence-corrected chi connectivity index (χ3v) is 5.57. The molecule has 2 atom stereocenters. The fourth-order valence-corrected chi connectivity index (χ4v) is 4.36. The molecule has 0 aromatic carbocycles. The van der Waals surface area contributed by atoms with Gasteiger partial charge in [-0.1, -0.05) is 17.7 Å². The van der Waals surface area contributed by atoms with Crippen LogP contribution in [-0.2, 0) is 4.74 Å². The van der Waals surface area contributed by atoms with E-state index in [4.69, 9.17) is 16.3 Å². The average molecular weight is 314 g/mol. The van der Waals surface area contributed by atoms with Gasteiger partial charge in [0, 0.05) is 22.9 Å². The lowest BCUT2D eigenvalue weighted by Gasteiger charge is -2.18. The summed E-state index contributed by atoms with van der Waals surface area (Å²) in [6.07, 6.45) is 1.16. The molecule has 1 aliphatic heterocycles. The van der Waals surface area contributed by atoms with Crippen LogP contribution >= 0.6 is 34.3 Å². The molecule has 1 N–H and O–H groups in total. The molecule has 2 aromatic rings. The van der Waals surface area contributed by atoms with E-state index in [2.05, 4.69) is 28.9 Å². The Morgan fingerprint density at radius 2 is 2.32 bits per heavy atom. The first-order valence-electron chi connectivity index (χ1n) is 6.42. The van der Waals surface area contributed by atoms with Gasteiger partial charge in [-0.05, 0) is 35.9 Å². The van der Waals surface area contributed by atoms with Gasteiger partial charge in [0.15, 0.2) is 0 Å². The third kappa shape index (κ3) is 3.38. The summed E-state index contributed by atoms with van der Waals surface area (Å²) in [5, 5.41) is 5.80. The number of ether oxygens (including phenoxy) is 1. The lowest BCUT2D eigenvalue weighted by molar-refractivity contribution is 0.185. The van der Waals surface area contributed by atoms with E-state index in [1.807, 2.05) is 6.07 Å². The fourth-order valence-electron chi connectivity index (χ4n) is 2.31. The van der Waals surface area contributed by atoms with Crippen molar-refractivity contribution in [2.75, 3.05) is 19.8 Å². The maximum atomic E-state index is 6.07. The van der Waals surface area contributed by atoms with Crippen LogP contribution in [0.4, 0.5) is 0 Å². The molecule has 0 saturated carbocycles. The maximum Gasteiger partial charge on any atom is 0.0931 e. The highest BCUT2D eigenvalue weighted by molar-refractivity contribution is 7.16. The zero-order valence-electron chi connectivity index (χ0n) is 10.5. The molecular formula is C14H16ClNOS2. The highest BCUT2D eigenvalue weighted by Crippen LogP contribution is 2.33. The minimum absolute atomic E-state index is 0.262. The molecule has 0 bridgehead atoms. The van der Waals surface area contributed by atoms with Crippen LogP contribution in [0.2, 0.25) is 4.34 Å². The number of hydrogen-bond acceptors (Lipinski definition) is 4. The molecule has 2 nitrogen and oxygen atoms in total. The molecule has 1 saturated heterocycles. The van der Waals surface area contributed by atoms with Gasteiger partial charge in [-0.2, -0.15) is 0 Å². The van der Waals surface area contributed by atoms with Crippen LogP contribution in [0.25, 0.3) is 0 Å². The molecule has 0 spiro atoms. The summed E-state index contributed by atoms with van der Waals surface area (Å²) in [6.45, 7) is 2.79. The summed E-state index contributed by atoms with van der Waals surface area (Å²) in [5.41, 5.74) is 0. The smallest absolute Gasteiger partial charge is 0.0931 e. The normalized spacial score (nSPS) is 20.8. The summed E-state index contributed by atoms with van der Waals surface area (Å²) in [4.78, 5) is 2.63. The second kappa shape index (κ2) is 6.37. The second-order valence-corrected chi connectivity index (χ2v) is 7.45. The Balaban J connectivity index is 1.73. The first-order chi connectivity index (χ1) is 9.33. The van der Waals surface area contributed by atoms with Crippen LogP contribution < -0.4 is 5.32 Å². The fraction of sp³-hybridized carbons (Fsp3) is 0.429. The molecule has 0 radical (unpaired) electrons. The van der Waals surface area contributed by atoms with E-state index in [0.717, 1.165) is 30.5 Å². The number of thiophene rings is 2. The summed E-state index contributed by atoms with van der Waals surface area (Å²) in [6, 6.07) is 8.64. The van der Waals surface area contributed by atoms with Crippen molar-refractivity contribution in [2.24, 2.45) is 5.92 Å². The quantitative estimate of drug-likeness (QED) is 0.894. The van der Waals surface area contributed by atoms with E-state index in [0.29, 0.717) is 5.92 Å². The zero-order valence-corrected chi connectivity index (χ0v) is 12.9. The maximum absolute atomic E-state index is 6.07. The van der Waals surface area contributed by atoms with Crippen molar-refractivity contribution in [1.82, 2.24) is 5.32 Å². The van der Waals surface area contributed by atoms with Gasteiger partial charge >= 0.3 is 0 Å². The third-order valence-electron chi connectivity index (χ3n) is 3.34. The van der Waals surface area contributed by atoms with Crippen LogP contribution in [0, 0.1) is 5.92 Å². The Kier molecular flexibility index (Phi) is 4.56. The first-order valence-corrected chi connectivity index (χ1v) is 8.50. The molecule has 2 aromatic heterocycles. The highest BCUT2D eigenvalue weighted by Gasteiger charge is 2.21. The molecule has 19 heavy (non-hydrogen) atoms. The SMILES string of the molecule is Clc1ccc(C(NCC2CCOC2)c2cccs2)s1. The first kappa shape index (κ1) is 13.6. The predicted molar refractivity (Wildman–Crippen MR) is 82.4 cm³/mol. The highest BCUT2D eigenvalue weighted by atomic mass is 35.5. The topological polar surface area (TPSA) is 21.3 Å². The summed E-state index contributed by atoms with van der Waals surface area (Å²) in [5.74, 6) is 0.637. The molecular weight excluding hydrogens is 298 g/mol. The molecule has 2 unspecified atom stereocenters. The summed E-state index contributed by atoms with van der Waals surface area (Å²) < 4.78 is 6.28. The minimum Gasteiger partial charge on any atom is -0.381 e. The number of nitrogens with one attached hydrogen (secondary N) is 1. The van der Waals surface area contributed by atoms with Gasteiger partial charge in [0.05, 0.1) is 17.0 Å². The standard InChI is InChI=1S/C14H16ClNOS2/c15-13-4-3-12(19-13)14(11-2-1-7-18-11)16-8-10-5-6-17-9-10/h1-4,7,10,14,16H,5-6,8-9H2. The van der Waals surface area contributed by atoms with Gasteiger partial charge in [-0.25, -0.2) is 0 Å². The van der Waals surface area contributed by atoms with Crippen molar-refractivity contribution in [3.8, 4) is 0 Å². The Morgan fingerprint density at radius 1 is 1.37 bits per heavy atom. The predicted octanol–water partition coefficient (Wildman–Crippen LogP) is 4.18. The van der Waals surface area contributed by atoms with Crippen molar-refractivity contribution in [2.45, 2.75) is 12.5 Å². The molecule has 102 valence electrons. The molecule has 1 fully saturated rings. The lowest BCUT2D eigenvalue weighted by atomic mass is 10.1. The van der Waals surface area contributed by atoms with E-state index < -0.39 is 0 Å². The number of halogens is 1. The van der Waals surface area contributed by atoms with Crippen LogP contribution in [0.5, 0.6) is 0 Å².